The fourth-order valence-electron chi connectivity index (χ4n) is 3.41. The molecule has 0 radical (unpaired) electrons. The van der Waals surface area contributed by atoms with E-state index in [0.717, 1.165) is 25.3 Å². The topological polar surface area (TPSA) is 88.9 Å². The molecule has 0 bridgehead atoms. The van der Waals surface area contributed by atoms with Gasteiger partial charge < -0.3 is 19.1 Å². The summed E-state index contributed by atoms with van der Waals surface area (Å²) in [7, 11) is 2.79. The molecule has 0 heterocycles. The fourth-order valence-corrected chi connectivity index (χ4v) is 3.41. The largest absolute Gasteiger partial charge is 0.493 e. The van der Waals surface area contributed by atoms with Gasteiger partial charge in [-0.25, -0.2) is 4.79 Å². The van der Waals surface area contributed by atoms with Gasteiger partial charge in [-0.2, -0.15) is 14.0 Å². The van der Waals surface area contributed by atoms with Crippen LogP contribution in [0, 0.1) is 11.3 Å². The lowest BCUT2D eigenvalue weighted by Gasteiger charge is -2.39. The maximum atomic E-state index is 12.7. The minimum absolute atomic E-state index is 0.0124. The Hall–Kier alpha value is -2.89. The van der Waals surface area contributed by atoms with Crippen LogP contribution >= 0.6 is 0 Å². The van der Waals surface area contributed by atoms with Gasteiger partial charge in [0.05, 0.1) is 18.7 Å². The third-order valence-corrected chi connectivity index (χ3v) is 5.11. The van der Waals surface area contributed by atoms with E-state index in [1.807, 2.05) is 0 Å². The molecule has 0 spiro atoms. The quantitative estimate of drug-likeness (QED) is 0.639. The molecule has 9 heteroatoms. The molecule has 0 aliphatic heterocycles. The molecule has 1 saturated carbocycles. The Morgan fingerprint density at radius 3 is 2.41 bits per heavy atom. The molecule has 1 atom stereocenters. The molecule has 1 aromatic rings. The first-order valence-corrected chi connectivity index (χ1v) is 9.27. The van der Waals surface area contributed by atoms with Gasteiger partial charge in [0.15, 0.2) is 17.6 Å². The summed E-state index contributed by atoms with van der Waals surface area (Å²) in [5.41, 5.74) is -0.883. The van der Waals surface area contributed by atoms with E-state index < -0.39 is 30.1 Å². The highest BCUT2D eigenvalue weighted by Crippen LogP contribution is 2.33. The number of alkyl halides is 2. The monoisotopic (exact) mass is 410 g/mol. The second kappa shape index (κ2) is 9.54. The molecular weight excluding hydrogens is 386 g/mol. The van der Waals surface area contributed by atoms with Crippen LogP contribution in [0.1, 0.15) is 49.4 Å². The number of nitrogens with zero attached hydrogens (tertiary/aromatic N) is 2. The Labute approximate surface area is 168 Å². The molecule has 7 nitrogen and oxygen atoms in total. The second-order valence-corrected chi connectivity index (χ2v) is 6.89. The Morgan fingerprint density at radius 2 is 1.86 bits per heavy atom. The summed E-state index contributed by atoms with van der Waals surface area (Å²) in [4.78, 5) is 26.5. The Morgan fingerprint density at radius 1 is 1.21 bits per heavy atom. The first kappa shape index (κ1) is 22.4. The Kier molecular flexibility index (Phi) is 7.37. The van der Waals surface area contributed by atoms with Gasteiger partial charge >= 0.3 is 12.6 Å². The highest BCUT2D eigenvalue weighted by atomic mass is 19.3. The number of hydrogen-bond donors (Lipinski definition) is 0. The van der Waals surface area contributed by atoms with Gasteiger partial charge in [-0.05, 0) is 38.0 Å². The van der Waals surface area contributed by atoms with E-state index in [4.69, 9.17) is 9.47 Å². The fraction of sp³-hybridized carbons (Fsp3) is 0.550. The van der Waals surface area contributed by atoms with Gasteiger partial charge in [-0.15, -0.1) is 0 Å². The molecule has 0 aromatic heterocycles. The summed E-state index contributed by atoms with van der Waals surface area (Å²) in [6.07, 6.45) is 2.76. The predicted octanol–water partition coefficient (Wildman–Crippen LogP) is 3.53. The van der Waals surface area contributed by atoms with E-state index >= 15 is 0 Å². The van der Waals surface area contributed by atoms with E-state index in [1.54, 1.807) is 7.05 Å². The maximum Gasteiger partial charge on any atom is 0.387 e. The number of ether oxygens (including phenoxy) is 3. The summed E-state index contributed by atoms with van der Waals surface area (Å²) < 4.78 is 39.3. The Bertz CT molecular complexity index is 788. The first-order valence-electron chi connectivity index (χ1n) is 9.27. The highest BCUT2D eigenvalue weighted by molar-refractivity contribution is 5.93. The number of nitriles is 1. The lowest BCUT2D eigenvalue weighted by Crippen LogP contribution is -2.53. The highest BCUT2D eigenvalue weighted by Gasteiger charge is 2.40. The van der Waals surface area contributed by atoms with Crippen molar-refractivity contribution in [1.82, 2.24) is 4.90 Å². The molecule has 2 rings (SSSR count). The molecular formula is C20H24F2N2O5. The van der Waals surface area contributed by atoms with Crippen LogP contribution in [0.15, 0.2) is 18.2 Å². The molecule has 1 aliphatic rings. The SMILES string of the molecule is COc1cc(C(=O)O[C@H](C)C(=O)N(C)C2(C#N)CCCCC2)ccc1OC(F)F. The molecule has 0 N–H and O–H groups in total. The number of likely N-dealkylation sites (N-methyl/N-ethyl adjacent to an activating group) is 1. The zero-order chi connectivity index (χ0) is 21.6. The molecule has 0 saturated heterocycles. The van der Waals surface area contributed by atoms with Crippen molar-refractivity contribution in [3.63, 3.8) is 0 Å². The van der Waals surface area contributed by atoms with Crippen LogP contribution in [0.25, 0.3) is 0 Å². The van der Waals surface area contributed by atoms with Crippen LogP contribution in [0.5, 0.6) is 11.5 Å². The molecule has 1 aliphatic carbocycles. The first-order chi connectivity index (χ1) is 13.7. The van der Waals surface area contributed by atoms with Gasteiger partial charge in [0.2, 0.25) is 0 Å². The number of benzene rings is 1. The number of amides is 1. The van der Waals surface area contributed by atoms with Crippen LogP contribution in [0.2, 0.25) is 0 Å². The number of methoxy groups -OCH3 is 1. The van der Waals surface area contributed by atoms with Crippen molar-refractivity contribution < 1.29 is 32.6 Å². The minimum atomic E-state index is -3.04. The molecule has 29 heavy (non-hydrogen) atoms. The van der Waals surface area contributed by atoms with Crippen LogP contribution in [-0.2, 0) is 9.53 Å². The van der Waals surface area contributed by atoms with E-state index in [0.29, 0.717) is 12.8 Å². The third-order valence-electron chi connectivity index (χ3n) is 5.11. The normalized spacial score (nSPS) is 16.4. The number of rotatable bonds is 7. The molecule has 1 aromatic carbocycles. The Balaban J connectivity index is 2.09. The lowest BCUT2D eigenvalue weighted by atomic mass is 9.81. The summed E-state index contributed by atoms with van der Waals surface area (Å²) >= 11 is 0. The van der Waals surface area contributed by atoms with Gasteiger partial charge in [-0.3, -0.25) is 4.79 Å². The van der Waals surface area contributed by atoms with Crippen LogP contribution in [-0.4, -0.2) is 49.2 Å². The van der Waals surface area contributed by atoms with Crippen molar-refractivity contribution in [2.75, 3.05) is 14.2 Å². The summed E-state index contributed by atoms with van der Waals surface area (Å²) in [6.45, 7) is -1.61. The minimum Gasteiger partial charge on any atom is -0.493 e. The van der Waals surface area contributed by atoms with Crippen LogP contribution in [0.4, 0.5) is 8.78 Å². The summed E-state index contributed by atoms with van der Waals surface area (Å²) in [6, 6.07) is 5.84. The second-order valence-electron chi connectivity index (χ2n) is 6.89. The summed E-state index contributed by atoms with van der Waals surface area (Å²) in [5, 5.41) is 9.62. The lowest BCUT2D eigenvalue weighted by molar-refractivity contribution is -0.143. The number of esters is 1. The van der Waals surface area contributed by atoms with E-state index in [-0.39, 0.29) is 17.1 Å². The van der Waals surface area contributed by atoms with Crippen molar-refractivity contribution in [2.24, 2.45) is 0 Å². The standard InChI is InChI=1S/C20H24F2N2O5/c1-13(17(25)24(2)20(12-23)9-5-4-6-10-20)28-18(26)14-7-8-15(29-19(21)22)16(11-14)27-3/h7-8,11,13,19H,4-6,9-10H2,1-3H3/t13-/m1/s1. The molecule has 158 valence electrons. The van der Waals surface area contributed by atoms with E-state index in [9.17, 15) is 23.6 Å². The van der Waals surface area contributed by atoms with Crippen molar-refractivity contribution in [3.05, 3.63) is 23.8 Å². The number of carbonyl (C=O) groups excluding carboxylic acids is 2. The van der Waals surface area contributed by atoms with Gasteiger partial charge in [0.25, 0.3) is 5.91 Å². The van der Waals surface area contributed by atoms with Crippen molar-refractivity contribution >= 4 is 11.9 Å². The number of hydrogen-bond acceptors (Lipinski definition) is 6. The van der Waals surface area contributed by atoms with Gasteiger partial charge in [0.1, 0.15) is 5.54 Å². The smallest absolute Gasteiger partial charge is 0.387 e. The molecule has 0 unspecified atom stereocenters. The zero-order valence-electron chi connectivity index (χ0n) is 16.6. The van der Waals surface area contributed by atoms with Gasteiger partial charge in [0, 0.05) is 7.05 Å². The van der Waals surface area contributed by atoms with Crippen LogP contribution in [0.3, 0.4) is 0 Å². The van der Waals surface area contributed by atoms with Crippen molar-refractivity contribution in [3.8, 4) is 17.6 Å². The zero-order valence-corrected chi connectivity index (χ0v) is 16.6. The average molecular weight is 410 g/mol. The van der Waals surface area contributed by atoms with Crippen molar-refractivity contribution in [1.29, 1.82) is 5.26 Å². The maximum absolute atomic E-state index is 12.7. The average Bonchev–Trinajstić information content (AvgIpc) is 2.72. The van der Waals surface area contributed by atoms with Gasteiger partial charge in [-0.1, -0.05) is 19.3 Å². The number of halogens is 2. The van der Waals surface area contributed by atoms with Crippen LogP contribution < -0.4 is 9.47 Å². The third kappa shape index (κ3) is 5.13. The predicted molar refractivity (Wildman–Crippen MR) is 98.7 cm³/mol. The van der Waals surface area contributed by atoms with E-state index in [2.05, 4.69) is 10.8 Å². The summed E-state index contributed by atoms with van der Waals surface area (Å²) in [5.74, 6) is -1.60. The van der Waals surface area contributed by atoms with E-state index in [1.165, 1.54) is 31.1 Å². The number of carbonyl (C=O) groups is 2. The molecule has 1 amide bonds. The van der Waals surface area contributed by atoms with Crippen molar-refractivity contribution in [2.45, 2.75) is 57.3 Å². The molecule has 1 fully saturated rings.